The fraction of sp³-hybridized carbons (Fsp3) is 0.167. The number of nitro groups is 1. The summed E-state index contributed by atoms with van der Waals surface area (Å²) in [7, 11) is 0. The van der Waals surface area contributed by atoms with E-state index in [0.717, 1.165) is 6.07 Å². The number of halogens is 4. The molecule has 1 rings (SSSR count). The molecule has 0 spiro atoms. The zero-order valence-corrected chi connectivity index (χ0v) is 9.33. The molecule has 1 aromatic heterocycles. The fourth-order valence-electron chi connectivity index (χ4n) is 0.859. The van der Waals surface area contributed by atoms with Crippen LogP contribution in [0.15, 0.2) is 10.9 Å². The summed E-state index contributed by atoms with van der Waals surface area (Å²) in [6.45, 7) is 0. The molecular formula is C6H2F3IN2O4. The average molecular weight is 350 g/mol. The highest BCUT2D eigenvalue weighted by Gasteiger charge is 2.36. The van der Waals surface area contributed by atoms with E-state index in [9.17, 15) is 28.1 Å². The molecule has 0 saturated heterocycles. The number of alkyl halides is 3. The summed E-state index contributed by atoms with van der Waals surface area (Å²) in [6.07, 6.45) is -5.11. The summed E-state index contributed by atoms with van der Waals surface area (Å²) in [6, 6.07) is 0.794. The Morgan fingerprint density at radius 3 is 2.50 bits per heavy atom. The summed E-state index contributed by atoms with van der Waals surface area (Å²) in [5, 5.41) is 10.5. The van der Waals surface area contributed by atoms with Gasteiger partial charge in [-0.05, 0) is 22.6 Å². The van der Waals surface area contributed by atoms with E-state index in [2.05, 4.69) is 4.74 Å². The van der Waals surface area contributed by atoms with Crippen molar-refractivity contribution in [3.05, 3.63) is 30.1 Å². The smallest absolute Gasteiger partial charge is 0.382 e. The van der Waals surface area contributed by atoms with Crippen molar-refractivity contribution in [1.82, 2.24) is 4.98 Å². The van der Waals surface area contributed by atoms with Crippen LogP contribution in [-0.2, 0) is 0 Å². The Kier molecular flexibility index (Phi) is 3.40. The summed E-state index contributed by atoms with van der Waals surface area (Å²) in [4.78, 5) is 21.9. The van der Waals surface area contributed by atoms with Crippen LogP contribution in [0.4, 0.5) is 18.9 Å². The second-order valence-electron chi connectivity index (χ2n) is 2.46. The van der Waals surface area contributed by atoms with Crippen molar-refractivity contribution >= 4 is 28.3 Å². The number of nitrogens with one attached hydrogen (secondary N) is 1. The molecule has 0 amide bonds. The van der Waals surface area contributed by atoms with E-state index in [1.165, 1.54) is 22.6 Å². The van der Waals surface area contributed by atoms with Crippen LogP contribution in [0, 0.1) is 13.7 Å². The molecule has 0 atom stereocenters. The van der Waals surface area contributed by atoms with Gasteiger partial charge in [0.15, 0.2) is 0 Å². The van der Waals surface area contributed by atoms with Crippen LogP contribution in [0.2, 0.25) is 0 Å². The van der Waals surface area contributed by atoms with Crippen molar-refractivity contribution in [3.8, 4) is 5.88 Å². The van der Waals surface area contributed by atoms with Crippen LogP contribution in [0.25, 0.3) is 0 Å². The zero-order valence-electron chi connectivity index (χ0n) is 7.17. The quantitative estimate of drug-likeness (QED) is 0.501. The highest BCUT2D eigenvalue weighted by Crippen LogP contribution is 2.31. The van der Waals surface area contributed by atoms with Gasteiger partial charge in [-0.25, -0.2) is 0 Å². The number of ether oxygens (including phenoxy) is 1. The molecule has 0 radical (unpaired) electrons. The fourth-order valence-corrected chi connectivity index (χ4v) is 1.58. The molecule has 1 N–H and O–H groups in total. The van der Waals surface area contributed by atoms with Gasteiger partial charge in [-0.2, -0.15) is 0 Å². The average Bonchev–Trinajstić information content (AvgIpc) is 1.96. The van der Waals surface area contributed by atoms with Crippen LogP contribution >= 0.6 is 22.6 Å². The first-order valence-corrected chi connectivity index (χ1v) is 4.61. The Labute approximate surface area is 98.7 Å². The van der Waals surface area contributed by atoms with E-state index < -0.39 is 28.4 Å². The van der Waals surface area contributed by atoms with E-state index in [4.69, 9.17) is 0 Å². The Morgan fingerprint density at radius 1 is 1.50 bits per heavy atom. The Hall–Kier alpha value is -1.33. The molecule has 0 aliphatic carbocycles. The number of nitrogens with zero attached hydrogens (tertiary/aromatic N) is 1. The molecule has 1 heterocycles. The number of aromatic amines is 1. The Morgan fingerprint density at radius 2 is 2.06 bits per heavy atom. The van der Waals surface area contributed by atoms with Gasteiger partial charge in [0.05, 0.1) is 4.92 Å². The van der Waals surface area contributed by atoms with Gasteiger partial charge in [0.2, 0.25) is 0 Å². The maximum Gasteiger partial charge on any atom is 0.574 e. The molecule has 0 saturated carbocycles. The predicted octanol–water partition coefficient (Wildman–Crippen LogP) is 1.79. The third-order valence-electron chi connectivity index (χ3n) is 1.34. The topological polar surface area (TPSA) is 85.2 Å². The van der Waals surface area contributed by atoms with Gasteiger partial charge in [-0.1, -0.05) is 0 Å². The SMILES string of the molecule is O=c1cc(I)c([N+](=O)[O-])c(OC(F)(F)F)[nH]1. The molecular weight excluding hydrogens is 348 g/mol. The van der Waals surface area contributed by atoms with Crippen LogP contribution in [-0.4, -0.2) is 16.3 Å². The highest BCUT2D eigenvalue weighted by molar-refractivity contribution is 14.1. The number of hydrogen-bond acceptors (Lipinski definition) is 4. The minimum absolute atomic E-state index is 0.245. The minimum Gasteiger partial charge on any atom is -0.382 e. The lowest BCUT2D eigenvalue weighted by atomic mass is 10.4. The van der Waals surface area contributed by atoms with Gasteiger partial charge in [-0.3, -0.25) is 19.9 Å². The Balaban J connectivity index is 3.36. The molecule has 10 heteroatoms. The van der Waals surface area contributed by atoms with Gasteiger partial charge >= 0.3 is 12.0 Å². The molecule has 0 aliphatic rings. The monoisotopic (exact) mass is 350 g/mol. The van der Waals surface area contributed by atoms with E-state index in [1.807, 2.05) is 0 Å². The molecule has 16 heavy (non-hydrogen) atoms. The van der Waals surface area contributed by atoms with Crippen molar-refractivity contribution < 1.29 is 22.8 Å². The lowest BCUT2D eigenvalue weighted by Gasteiger charge is -2.08. The molecule has 0 bridgehead atoms. The van der Waals surface area contributed by atoms with Crippen molar-refractivity contribution in [2.24, 2.45) is 0 Å². The molecule has 6 nitrogen and oxygen atoms in total. The summed E-state index contributed by atoms with van der Waals surface area (Å²) >= 11 is 1.37. The molecule has 0 aliphatic heterocycles. The van der Waals surface area contributed by atoms with Gasteiger partial charge < -0.3 is 4.74 Å². The maximum absolute atomic E-state index is 11.9. The van der Waals surface area contributed by atoms with Crippen LogP contribution in [0.3, 0.4) is 0 Å². The zero-order chi connectivity index (χ0) is 12.5. The second kappa shape index (κ2) is 4.27. The third kappa shape index (κ3) is 3.08. The molecule has 1 aromatic rings. The number of pyridine rings is 1. The predicted molar refractivity (Wildman–Crippen MR) is 53.1 cm³/mol. The molecule has 0 fully saturated rings. The minimum atomic E-state index is -5.11. The van der Waals surface area contributed by atoms with E-state index in [-0.39, 0.29) is 3.57 Å². The van der Waals surface area contributed by atoms with Crippen LogP contribution in [0.1, 0.15) is 0 Å². The Bertz CT molecular complexity index is 484. The largest absolute Gasteiger partial charge is 0.574 e. The van der Waals surface area contributed by atoms with Crippen LogP contribution in [0.5, 0.6) is 5.88 Å². The van der Waals surface area contributed by atoms with Crippen molar-refractivity contribution in [1.29, 1.82) is 0 Å². The van der Waals surface area contributed by atoms with Crippen molar-refractivity contribution in [3.63, 3.8) is 0 Å². The standard InChI is InChI=1S/C6H2F3IN2O4/c7-6(8,9)16-5-4(12(14)15)2(10)1-3(13)11-5/h1H,(H,11,13). The lowest BCUT2D eigenvalue weighted by molar-refractivity contribution is -0.390. The van der Waals surface area contributed by atoms with E-state index in [1.54, 1.807) is 4.98 Å². The number of aromatic nitrogens is 1. The van der Waals surface area contributed by atoms with Crippen molar-refractivity contribution in [2.45, 2.75) is 6.36 Å². The van der Waals surface area contributed by atoms with E-state index in [0.29, 0.717) is 0 Å². The normalized spacial score (nSPS) is 11.2. The summed E-state index contributed by atoms with van der Waals surface area (Å²) < 4.78 is 38.7. The molecule has 0 unspecified atom stereocenters. The van der Waals surface area contributed by atoms with Gasteiger partial charge in [0.1, 0.15) is 3.57 Å². The number of H-pyrrole nitrogens is 1. The number of rotatable bonds is 2. The first-order valence-electron chi connectivity index (χ1n) is 3.53. The molecule has 88 valence electrons. The van der Waals surface area contributed by atoms with Crippen molar-refractivity contribution in [2.75, 3.05) is 0 Å². The van der Waals surface area contributed by atoms with Gasteiger partial charge in [0.25, 0.3) is 11.4 Å². The van der Waals surface area contributed by atoms with E-state index >= 15 is 0 Å². The number of hydrogen-bond donors (Lipinski definition) is 1. The van der Waals surface area contributed by atoms with Crippen LogP contribution < -0.4 is 10.3 Å². The lowest BCUT2D eigenvalue weighted by Crippen LogP contribution is -2.21. The van der Waals surface area contributed by atoms with Gasteiger partial charge in [0, 0.05) is 6.07 Å². The third-order valence-corrected chi connectivity index (χ3v) is 2.16. The summed E-state index contributed by atoms with van der Waals surface area (Å²) in [5.41, 5.74) is -1.85. The molecule has 0 aromatic carbocycles. The first-order chi connectivity index (χ1) is 7.20. The van der Waals surface area contributed by atoms with Gasteiger partial charge in [-0.15, -0.1) is 13.2 Å². The second-order valence-corrected chi connectivity index (χ2v) is 3.63. The first kappa shape index (κ1) is 12.7. The maximum atomic E-state index is 11.9. The highest BCUT2D eigenvalue weighted by atomic mass is 127. The summed E-state index contributed by atoms with van der Waals surface area (Å²) in [5.74, 6) is -1.23.